The smallest absolute Gasteiger partial charge is 0.316 e. The molecule has 0 saturated carbocycles. The second kappa shape index (κ2) is 16.3. The van der Waals surface area contributed by atoms with Crippen LogP contribution in [-0.2, 0) is 19.1 Å². The van der Waals surface area contributed by atoms with Crippen molar-refractivity contribution in [1.29, 1.82) is 0 Å². The Balaban J connectivity index is 2.00. The van der Waals surface area contributed by atoms with Crippen LogP contribution in [0.25, 0.3) is 11.1 Å². The summed E-state index contributed by atoms with van der Waals surface area (Å²) in [5.41, 5.74) is -0.0910. The summed E-state index contributed by atoms with van der Waals surface area (Å²) in [6.45, 7) is 8.89. The molecule has 0 spiro atoms. The quantitative estimate of drug-likeness (QED) is 0.113. The van der Waals surface area contributed by atoms with Crippen molar-refractivity contribution in [2.24, 2.45) is 5.41 Å². The first kappa shape index (κ1) is 36.9. The van der Waals surface area contributed by atoms with E-state index in [-0.39, 0.29) is 36.6 Å². The van der Waals surface area contributed by atoms with Crippen LogP contribution in [0.15, 0.2) is 66.1 Å². The van der Waals surface area contributed by atoms with E-state index in [9.17, 15) is 19.2 Å². The standard InChI is InChI=1S/C35H38F2N2O7S/c1-7-45-34(43)35(4,22(3)47)17-16-28(40)46-31-26(36)20-27(29(30(31)37)33(42)39(5)18-19-44-6)38-32(41)25-11-9-8-10-24(25)23-14-12-21(2)13-15-23/h8-15,20,47H,3,7,16-19H2,1-2,4-6H3,(H,38,41). The lowest BCUT2D eigenvalue weighted by Crippen LogP contribution is -2.32. The van der Waals surface area contributed by atoms with Crippen molar-refractivity contribution < 1.29 is 42.2 Å². The summed E-state index contributed by atoms with van der Waals surface area (Å²) in [6.07, 6.45) is -0.657. The van der Waals surface area contributed by atoms with Crippen molar-refractivity contribution in [3.8, 4) is 16.9 Å². The molecule has 0 radical (unpaired) electrons. The predicted octanol–water partition coefficient (Wildman–Crippen LogP) is 6.61. The fourth-order valence-corrected chi connectivity index (χ4v) is 4.75. The Kier molecular flexibility index (Phi) is 12.8. The molecule has 0 fully saturated rings. The molecule has 2 amide bonds. The molecule has 0 aliphatic heterocycles. The molecule has 9 nitrogen and oxygen atoms in total. The number of amides is 2. The monoisotopic (exact) mass is 668 g/mol. The summed E-state index contributed by atoms with van der Waals surface area (Å²) in [5, 5.41) is 2.48. The van der Waals surface area contributed by atoms with Crippen LogP contribution in [0.5, 0.6) is 5.75 Å². The van der Waals surface area contributed by atoms with Gasteiger partial charge in [0.05, 0.1) is 24.3 Å². The second-order valence-corrected chi connectivity index (χ2v) is 11.5. The third-order valence-corrected chi connectivity index (χ3v) is 8.05. The SMILES string of the molecule is C=C(S)C(C)(CCC(=O)Oc1c(F)cc(NC(=O)c2ccccc2-c2ccc(C)cc2)c(C(=O)N(C)CCOC)c1F)C(=O)OCC. The summed E-state index contributed by atoms with van der Waals surface area (Å²) >= 11 is 4.17. The molecule has 250 valence electrons. The third-order valence-electron chi connectivity index (χ3n) is 7.56. The topological polar surface area (TPSA) is 111 Å². The molecule has 3 rings (SSSR count). The molecule has 0 saturated heterocycles. The van der Waals surface area contributed by atoms with Crippen molar-refractivity contribution in [3.63, 3.8) is 0 Å². The average molecular weight is 669 g/mol. The number of nitrogens with zero attached hydrogens (tertiary/aromatic N) is 1. The molecule has 0 aromatic heterocycles. The van der Waals surface area contributed by atoms with Crippen molar-refractivity contribution in [2.45, 2.75) is 33.6 Å². The van der Waals surface area contributed by atoms with Crippen LogP contribution in [0.4, 0.5) is 14.5 Å². The zero-order chi connectivity index (χ0) is 34.9. The number of esters is 2. The second-order valence-electron chi connectivity index (χ2n) is 11.0. The van der Waals surface area contributed by atoms with Gasteiger partial charge in [-0.1, -0.05) is 54.6 Å². The molecule has 0 heterocycles. The highest BCUT2D eigenvalue weighted by Gasteiger charge is 2.37. The first-order valence-electron chi connectivity index (χ1n) is 14.7. The summed E-state index contributed by atoms with van der Waals surface area (Å²) in [6, 6.07) is 14.8. The van der Waals surface area contributed by atoms with Crippen LogP contribution < -0.4 is 10.1 Å². The molecule has 3 aromatic rings. The minimum atomic E-state index is -1.50. The van der Waals surface area contributed by atoms with Gasteiger partial charge >= 0.3 is 11.9 Å². The minimum absolute atomic E-state index is 0.0327. The van der Waals surface area contributed by atoms with Crippen molar-refractivity contribution in [3.05, 3.63) is 94.4 Å². The maximum atomic E-state index is 16.1. The van der Waals surface area contributed by atoms with Gasteiger partial charge in [0, 0.05) is 38.8 Å². The largest absolute Gasteiger partial charge is 0.465 e. The van der Waals surface area contributed by atoms with Gasteiger partial charge in [0.25, 0.3) is 11.8 Å². The van der Waals surface area contributed by atoms with Gasteiger partial charge in [0.2, 0.25) is 5.75 Å². The number of halogens is 2. The molecule has 1 atom stereocenters. The summed E-state index contributed by atoms with van der Waals surface area (Å²) in [5.74, 6) is -7.42. The number of carbonyl (C=O) groups excluding carboxylic acids is 4. The molecule has 1 N–H and O–H groups in total. The van der Waals surface area contributed by atoms with Crippen LogP contribution in [0, 0.1) is 24.0 Å². The van der Waals surface area contributed by atoms with E-state index in [0.29, 0.717) is 11.6 Å². The lowest BCUT2D eigenvalue weighted by atomic mass is 9.85. The average Bonchev–Trinajstić information content (AvgIpc) is 3.04. The molecule has 12 heteroatoms. The maximum absolute atomic E-state index is 16.1. The summed E-state index contributed by atoms with van der Waals surface area (Å²) in [4.78, 5) is 53.6. The lowest BCUT2D eigenvalue weighted by Gasteiger charge is -2.26. The van der Waals surface area contributed by atoms with Crippen LogP contribution in [0.1, 0.15) is 53.0 Å². The number of aryl methyl sites for hydroxylation is 1. The number of anilines is 1. The van der Waals surface area contributed by atoms with E-state index in [1.165, 1.54) is 21.1 Å². The van der Waals surface area contributed by atoms with Gasteiger partial charge in [0.15, 0.2) is 11.6 Å². The Labute approximate surface area is 278 Å². The number of carbonyl (C=O) groups is 4. The number of benzene rings is 3. The number of ether oxygens (including phenoxy) is 3. The molecule has 0 aliphatic carbocycles. The predicted molar refractivity (Wildman–Crippen MR) is 177 cm³/mol. The number of thiol groups is 1. The molecule has 0 bridgehead atoms. The van der Waals surface area contributed by atoms with E-state index in [1.807, 2.05) is 31.2 Å². The number of methoxy groups -OCH3 is 1. The van der Waals surface area contributed by atoms with Crippen molar-refractivity contribution in [1.82, 2.24) is 4.90 Å². The highest BCUT2D eigenvalue weighted by atomic mass is 32.1. The van der Waals surface area contributed by atoms with Crippen LogP contribution in [0.3, 0.4) is 0 Å². The Morgan fingerprint density at radius 3 is 2.34 bits per heavy atom. The zero-order valence-corrected chi connectivity index (χ0v) is 27.8. The molecule has 0 aliphatic rings. The normalized spacial score (nSPS) is 12.1. The van der Waals surface area contributed by atoms with Gasteiger partial charge in [-0.05, 0) is 49.3 Å². The molecule has 47 heavy (non-hydrogen) atoms. The van der Waals surface area contributed by atoms with E-state index in [1.54, 1.807) is 31.2 Å². The highest BCUT2D eigenvalue weighted by molar-refractivity contribution is 7.84. The first-order chi connectivity index (χ1) is 22.2. The number of rotatable bonds is 14. The Hall–Kier alpha value is -4.55. The minimum Gasteiger partial charge on any atom is -0.465 e. The van der Waals surface area contributed by atoms with E-state index in [2.05, 4.69) is 24.5 Å². The highest BCUT2D eigenvalue weighted by Crippen LogP contribution is 2.37. The lowest BCUT2D eigenvalue weighted by molar-refractivity contribution is -0.152. The van der Waals surface area contributed by atoms with E-state index in [0.717, 1.165) is 16.0 Å². The van der Waals surface area contributed by atoms with Gasteiger partial charge < -0.3 is 24.4 Å². The van der Waals surface area contributed by atoms with E-state index < -0.39 is 64.2 Å². The third kappa shape index (κ3) is 8.83. The molecular weight excluding hydrogens is 630 g/mol. The first-order valence-corrected chi connectivity index (χ1v) is 15.2. The van der Waals surface area contributed by atoms with Crippen molar-refractivity contribution >= 4 is 42.1 Å². The van der Waals surface area contributed by atoms with Gasteiger partial charge in [0.1, 0.15) is 5.56 Å². The van der Waals surface area contributed by atoms with Crippen molar-refractivity contribution in [2.75, 3.05) is 39.2 Å². The number of likely N-dealkylation sites (N-methyl/N-ethyl adjacent to an activating group) is 1. The molecular formula is C35H38F2N2O7S. The fraction of sp³-hybridized carbons (Fsp3) is 0.314. The van der Waals surface area contributed by atoms with Gasteiger partial charge in [-0.25, -0.2) is 8.78 Å². The molecule has 1 unspecified atom stereocenters. The maximum Gasteiger partial charge on any atom is 0.316 e. The van der Waals surface area contributed by atoms with E-state index in [4.69, 9.17) is 14.2 Å². The number of hydrogen-bond donors (Lipinski definition) is 2. The van der Waals surface area contributed by atoms with E-state index >= 15 is 8.78 Å². The number of hydrogen-bond acceptors (Lipinski definition) is 8. The zero-order valence-electron chi connectivity index (χ0n) is 26.9. The molecule has 3 aromatic carbocycles. The summed E-state index contributed by atoms with van der Waals surface area (Å²) < 4.78 is 46.7. The summed E-state index contributed by atoms with van der Waals surface area (Å²) in [7, 11) is 2.79. The van der Waals surface area contributed by atoms with Gasteiger partial charge in [-0.3, -0.25) is 19.2 Å². The fourth-order valence-electron chi connectivity index (χ4n) is 4.55. The Morgan fingerprint density at radius 2 is 1.72 bits per heavy atom. The Morgan fingerprint density at radius 1 is 1.06 bits per heavy atom. The van der Waals surface area contributed by atoms with Crippen LogP contribution in [-0.4, -0.2) is 62.6 Å². The Bertz CT molecular complexity index is 1660. The van der Waals surface area contributed by atoms with Crippen LogP contribution in [0.2, 0.25) is 0 Å². The van der Waals surface area contributed by atoms with Gasteiger partial charge in [-0.15, -0.1) is 12.6 Å². The number of nitrogens with one attached hydrogen (secondary N) is 1. The van der Waals surface area contributed by atoms with Gasteiger partial charge in [-0.2, -0.15) is 0 Å². The van der Waals surface area contributed by atoms with Crippen LogP contribution >= 0.6 is 12.6 Å².